The first-order valence-electron chi connectivity index (χ1n) is 6.58. The number of carbonyl (C=O) groups excluding carboxylic acids is 1. The Morgan fingerprint density at radius 1 is 1.62 bits per heavy atom. The minimum atomic E-state index is -0.594. The van der Waals surface area contributed by atoms with E-state index in [2.05, 4.69) is 9.97 Å². The standard InChI is InChI=1S/C13H17N3O3S2/c1-2-19-13(18)8(14)3-5-20-7-10-15-9-4-6-21-11(9)12(17)16-10/h4,6,8H,2-3,5,7,14H2,1H3,(H,15,16,17). The normalized spacial score (nSPS) is 12.5. The zero-order chi connectivity index (χ0) is 15.2. The minimum Gasteiger partial charge on any atom is -0.465 e. The molecular formula is C13H17N3O3S2. The van der Waals surface area contributed by atoms with Gasteiger partial charge in [0.25, 0.3) is 5.56 Å². The summed E-state index contributed by atoms with van der Waals surface area (Å²) in [6.45, 7) is 2.09. The van der Waals surface area contributed by atoms with Gasteiger partial charge in [-0.1, -0.05) is 0 Å². The highest BCUT2D eigenvalue weighted by Gasteiger charge is 2.14. The first-order valence-corrected chi connectivity index (χ1v) is 8.61. The number of aromatic amines is 1. The van der Waals surface area contributed by atoms with Crippen LogP contribution in [-0.4, -0.2) is 34.3 Å². The maximum absolute atomic E-state index is 11.8. The maximum atomic E-state index is 11.8. The number of H-pyrrole nitrogens is 1. The lowest BCUT2D eigenvalue weighted by Gasteiger charge is -2.09. The van der Waals surface area contributed by atoms with Crippen LogP contribution in [-0.2, 0) is 15.3 Å². The van der Waals surface area contributed by atoms with Crippen LogP contribution in [0.15, 0.2) is 16.2 Å². The predicted molar refractivity (Wildman–Crippen MR) is 85.6 cm³/mol. The van der Waals surface area contributed by atoms with Crippen molar-refractivity contribution < 1.29 is 9.53 Å². The van der Waals surface area contributed by atoms with Crippen molar-refractivity contribution in [2.24, 2.45) is 5.73 Å². The fraction of sp³-hybridized carbons (Fsp3) is 0.462. The molecule has 0 saturated carbocycles. The van der Waals surface area contributed by atoms with Gasteiger partial charge in [-0.3, -0.25) is 9.59 Å². The first kappa shape index (κ1) is 16.0. The Balaban J connectivity index is 1.82. The number of hydrogen-bond acceptors (Lipinski definition) is 7. The van der Waals surface area contributed by atoms with Gasteiger partial charge in [-0.25, -0.2) is 4.98 Å². The Kier molecular flexibility index (Phi) is 5.77. The Labute approximate surface area is 130 Å². The number of thioether (sulfide) groups is 1. The Morgan fingerprint density at radius 3 is 3.19 bits per heavy atom. The molecule has 0 radical (unpaired) electrons. The average Bonchev–Trinajstić information content (AvgIpc) is 2.92. The molecule has 0 aliphatic rings. The van der Waals surface area contributed by atoms with E-state index in [4.69, 9.17) is 10.5 Å². The van der Waals surface area contributed by atoms with Crippen molar-refractivity contribution in [2.45, 2.75) is 25.1 Å². The number of nitrogens with two attached hydrogens (primary N) is 1. The number of aromatic nitrogens is 2. The van der Waals surface area contributed by atoms with Crippen LogP contribution >= 0.6 is 23.1 Å². The van der Waals surface area contributed by atoms with Gasteiger partial charge < -0.3 is 15.5 Å². The second-order valence-electron chi connectivity index (χ2n) is 4.35. The van der Waals surface area contributed by atoms with Crippen molar-refractivity contribution in [3.05, 3.63) is 27.6 Å². The summed E-state index contributed by atoms with van der Waals surface area (Å²) in [4.78, 5) is 30.3. The van der Waals surface area contributed by atoms with Gasteiger partial charge in [0.1, 0.15) is 16.6 Å². The van der Waals surface area contributed by atoms with Gasteiger partial charge in [0.2, 0.25) is 0 Å². The molecule has 2 aromatic heterocycles. The molecule has 114 valence electrons. The van der Waals surface area contributed by atoms with Crippen molar-refractivity contribution >= 4 is 39.3 Å². The van der Waals surface area contributed by atoms with E-state index in [1.807, 2.05) is 11.4 Å². The van der Waals surface area contributed by atoms with Gasteiger partial charge in [-0.05, 0) is 30.5 Å². The van der Waals surface area contributed by atoms with Crippen molar-refractivity contribution in [3.8, 4) is 0 Å². The van der Waals surface area contributed by atoms with Crippen LogP contribution in [0.1, 0.15) is 19.2 Å². The van der Waals surface area contributed by atoms with E-state index < -0.39 is 6.04 Å². The number of hydrogen-bond donors (Lipinski definition) is 2. The number of nitrogens with zero attached hydrogens (tertiary/aromatic N) is 1. The van der Waals surface area contributed by atoms with Gasteiger partial charge in [-0.2, -0.15) is 11.8 Å². The van der Waals surface area contributed by atoms with Gasteiger partial charge in [0.15, 0.2) is 0 Å². The van der Waals surface area contributed by atoms with E-state index in [1.165, 1.54) is 11.3 Å². The van der Waals surface area contributed by atoms with E-state index in [1.54, 1.807) is 18.7 Å². The van der Waals surface area contributed by atoms with E-state index in [0.29, 0.717) is 35.1 Å². The largest absolute Gasteiger partial charge is 0.465 e. The minimum absolute atomic E-state index is 0.103. The molecule has 0 aliphatic carbocycles. The van der Waals surface area contributed by atoms with Crippen LogP contribution in [0.3, 0.4) is 0 Å². The molecule has 8 heteroatoms. The lowest BCUT2D eigenvalue weighted by Crippen LogP contribution is -2.32. The fourth-order valence-electron chi connectivity index (χ4n) is 1.74. The van der Waals surface area contributed by atoms with Crippen LogP contribution in [0.5, 0.6) is 0 Å². The van der Waals surface area contributed by atoms with Crippen molar-refractivity contribution in [1.82, 2.24) is 9.97 Å². The topological polar surface area (TPSA) is 98.1 Å². The average molecular weight is 327 g/mol. The summed E-state index contributed by atoms with van der Waals surface area (Å²) < 4.78 is 5.49. The van der Waals surface area contributed by atoms with Crippen LogP contribution in [0.25, 0.3) is 10.2 Å². The highest BCUT2D eigenvalue weighted by Crippen LogP contribution is 2.16. The Hall–Kier alpha value is -1.38. The summed E-state index contributed by atoms with van der Waals surface area (Å²) in [6.07, 6.45) is 0.536. The summed E-state index contributed by atoms with van der Waals surface area (Å²) in [7, 11) is 0. The van der Waals surface area contributed by atoms with Gasteiger partial charge >= 0.3 is 5.97 Å². The number of rotatable bonds is 7. The van der Waals surface area contributed by atoms with E-state index in [-0.39, 0.29) is 11.5 Å². The second kappa shape index (κ2) is 7.58. The lowest BCUT2D eigenvalue weighted by atomic mass is 10.2. The number of carbonyl (C=O) groups is 1. The van der Waals surface area contributed by atoms with Crippen molar-refractivity contribution in [2.75, 3.05) is 12.4 Å². The van der Waals surface area contributed by atoms with Gasteiger partial charge in [-0.15, -0.1) is 11.3 Å². The summed E-state index contributed by atoms with van der Waals surface area (Å²) in [6, 6.07) is 1.24. The molecular weight excluding hydrogens is 310 g/mol. The third-order valence-electron chi connectivity index (χ3n) is 2.77. The Morgan fingerprint density at radius 2 is 2.43 bits per heavy atom. The van der Waals surface area contributed by atoms with E-state index in [9.17, 15) is 9.59 Å². The molecule has 3 N–H and O–H groups in total. The fourth-order valence-corrected chi connectivity index (χ4v) is 3.36. The highest BCUT2D eigenvalue weighted by atomic mass is 32.2. The third-order valence-corrected chi connectivity index (χ3v) is 4.67. The van der Waals surface area contributed by atoms with Gasteiger partial charge in [0, 0.05) is 0 Å². The molecule has 0 fully saturated rings. The molecule has 2 rings (SSSR count). The number of nitrogens with one attached hydrogen (secondary N) is 1. The van der Waals surface area contributed by atoms with Crippen LogP contribution in [0.4, 0.5) is 0 Å². The number of thiophene rings is 1. The first-order chi connectivity index (χ1) is 10.1. The third kappa shape index (κ3) is 4.29. The van der Waals surface area contributed by atoms with E-state index in [0.717, 1.165) is 5.52 Å². The van der Waals surface area contributed by atoms with Crippen LogP contribution < -0.4 is 11.3 Å². The summed E-state index contributed by atoms with van der Waals surface area (Å²) in [5.41, 5.74) is 6.33. The molecule has 2 aromatic rings. The van der Waals surface area contributed by atoms with E-state index >= 15 is 0 Å². The van der Waals surface area contributed by atoms with Crippen LogP contribution in [0.2, 0.25) is 0 Å². The summed E-state index contributed by atoms with van der Waals surface area (Å²) in [5, 5.41) is 1.85. The van der Waals surface area contributed by atoms with Crippen molar-refractivity contribution in [1.29, 1.82) is 0 Å². The maximum Gasteiger partial charge on any atom is 0.322 e. The molecule has 0 bridgehead atoms. The van der Waals surface area contributed by atoms with Crippen LogP contribution in [0, 0.1) is 0 Å². The highest BCUT2D eigenvalue weighted by molar-refractivity contribution is 7.98. The number of fused-ring (bicyclic) bond motifs is 1. The molecule has 0 saturated heterocycles. The predicted octanol–water partition coefficient (Wildman–Crippen LogP) is 1.50. The summed E-state index contributed by atoms with van der Waals surface area (Å²) in [5.74, 6) is 1.55. The molecule has 21 heavy (non-hydrogen) atoms. The number of esters is 1. The molecule has 0 aliphatic heterocycles. The monoisotopic (exact) mass is 327 g/mol. The summed E-state index contributed by atoms with van der Waals surface area (Å²) >= 11 is 2.95. The molecule has 1 unspecified atom stereocenters. The number of ether oxygens (including phenoxy) is 1. The van der Waals surface area contributed by atoms with Crippen molar-refractivity contribution in [3.63, 3.8) is 0 Å². The SMILES string of the molecule is CCOC(=O)C(N)CCSCc1nc2ccsc2c(=O)[nH]1. The lowest BCUT2D eigenvalue weighted by molar-refractivity contribution is -0.144. The molecule has 0 amide bonds. The molecule has 0 aromatic carbocycles. The molecule has 2 heterocycles. The molecule has 0 spiro atoms. The quantitative estimate of drug-likeness (QED) is 0.591. The second-order valence-corrected chi connectivity index (χ2v) is 6.37. The molecule has 6 nitrogen and oxygen atoms in total. The molecule has 1 atom stereocenters. The smallest absolute Gasteiger partial charge is 0.322 e. The van der Waals surface area contributed by atoms with Gasteiger partial charge in [0.05, 0.1) is 17.9 Å². The zero-order valence-corrected chi connectivity index (χ0v) is 13.3. The zero-order valence-electron chi connectivity index (χ0n) is 11.6. The Bertz CT molecular complexity index is 668.